The fourth-order valence-corrected chi connectivity index (χ4v) is 2.76. The molecule has 0 aliphatic carbocycles. The SMILES string of the molecule is N#C/C(=C/c1cccc(Oc2ccc(C(F)(F)F)cc2[N+](=O)[O-])c1)C(=O)Nc1ccc(F)cc1. The fraction of sp³-hybridized carbons (Fsp3) is 0.0435. The number of nitriles is 1. The van der Waals surface area contributed by atoms with E-state index in [-0.39, 0.29) is 17.0 Å². The average Bonchev–Trinajstić information content (AvgIpc) is 2.78. The number of nitro groups is 1. The summed E-state index contributed by atoms with van der Waals surface area (Å²) in [6, 6.07) is 14.2. The summed E-state index contributed by atoms with van der Waals surface area (Å²) in [5, 5.41) is 23.0. The maximum atomic E-state index is 13.0. The van der Waals surface area contributed by atoms with E-state index in [1.54, 1.807) is 6.07 Å². The van der Waals surface area contributed by atoms with Crippen LogP contribution in [0.3, 0.4) is 0 Å². The molecule has 0 aliphatic rings. The number of hydrogen-bond donors (Lipinski definition) is 1. The molecule has 7 nitrogen and oxygen atoms in total. The zero-order chi connectivity index (χ0) is 24.9. The molecule has 0 aliphatic heterocycles. The third-order valence-corrected chi connectivity index (χ3v) is 4.35. The summed E-state index contributed by atoms with van der Waals surface area (Å²) in [6.07, 6.45) is -3.55. The number of nitrogens with zero attached hydrogens (tertiary/aromatic N) is 2. The van der Waals surface area contributed by atoms with Gasteiger partial charge in [0.25, 0.3) is 5.91 Å². The van der Waals surface area contributed by atoms with E-state index in [0.29, 0.717) is 17.7 Å². The Hall–Kier alpha value is -4.72. The zero-order valence-electron chi connectivity index (χ0n) is 17.0. The van der Waals surface area contributed by atoms with Gasteiger partial charge in [0.2, 0.25) is 5.75 Å². The van der Waals surface area contributed by atoms with Crippen molar-refractivity contribution < 1.29 is 32.0 Å². The highest BCUT2D eigenvalue weighted by Crippen LogP contribution is 2.38. The molecule has 1 amide bonds. The van der Waals surface area contributed by atoms with Gasteiger partial charge < -0.3 is 10.1 Å². The van der Waals surface area contributed by atoms with Crippen LogP contribution in [0.25, 0.3) is 6.08 Å². The van der Waals surface area contributed by atoms with E-state index in [1.165, 1.54) is 42.5 Å². The molecular weight excluding hydrogens is 458 g/mol. The highest BCUT2D eigenvalue weighted by molar-refractivity contribution is 6.09. The molecule has 1 N–H and O–H groups in total. The van der Waals surface area contributed by atoms with Gasteiger partial charge in [-0.2, -0.15) is 18.4 Å². The third kappa shape index (κ3) is 5.95. The van der Waals surface area contributed by atoms with E-state index in [2.05, 4.69) is 5.32 Å². The first-order valence-electron chi connectivity index (χ1n) is 9.39. The number of alkyl halides is 3. The van der Waals surface area contributed by atoms with Crippen molar-refractivity contribution in [3.63, 3.8) is 0 Å². The van der Waals surface area contributed by atoms with Crippen molar-refractivity contribution in [1.82, 2.24) is 0 Å². The van der Waals surface area contributed by atoms with E-state index in [1.807, 2.05) is 0 Å². The van der Waals surface area contributed by atoms with Gasteiger partial charge in [-0.25, -0.2) is 4.39 Å². The number of carbonyl (C=O) groups is 1. The van der Waals surface area contributed by atoms with Crippen LogP contribution in [0.1, 0.15) is 11.1 Å². The molecule has 0 radical (unpaired) electrons. The van der Waals surface area contributed by atoms with Crippen LogP contribution in [0.5, 0.6) is 11.5 Å². The first kappa shape index (κ1) is 23.9. The quantitative estimate of drug-likeness (QED) is 0.154. The van der Waals surface area contributed by atoms with Gasteiger partial charge in [-0.3, -0.25) is 14.9 Å². The molecule has 172 valence electrons. The summed E-state index contributed by atoms with van der Waals surface area (Å²) in [6.45, 7) is 0. The molecule has 3 aromatic carbocycles. The molecule has 0 bridgehead atoms. The topological polar surface area (TPSA) is 105 Å². The Kier molecular flexibility index (Phi) is 6.92. The van der Waals surface area contributed by atoms with Crippen LogP contribution in [-0.4, -0.2) is 10.8 Å². The van der Waals surface area contributed by atoms with Gasteiger partial charge in [-0.05, 0) is 60.2 Å². The second-order valence-electron chi connectivity index (χ2n) is 6.74. The first-order chi connectivity index (χ1) is 16.1. The van der Waals surface area contributed by atoms with Crippen LogP contribution in [0.2, 0.25) is 0 Å². The molecule has 0 unspecified atom stereocenters. The van der Waals surface area contributed by atoms with Gasteiger partial charge in [0.05, 0.1) is 10.5 Å². The van der Waals surface area contributed by atoms with Gasteiger partial charge in [-0.15, -0.1) is 0 Å². The number of benzene rings is 3. The smallest absolute Gasteiger partial charge is 0.416 e. The fourth-order valence-electron chi connectivity index (χ4n) is 2.76. The van der Waals surface area contributed by atoms with Gasteiger partial charge >= 0.3 is 11.9 Å². The average molecular weight is 471 g/mol. The van der Waals surface area contributed by atoms with Crippen molar-refractivity contribution in [1.29, 1.82) is 5.26 Å². The Bertz CT molecular complexity index is 1310. The van der Waals surface area contributed by atoms with Crippen molar-refractivity contribution in [2.45, 2.75) is 6.18 Å². The van der Waals surface area contributed by atoms with Crippen LogP contribution in [0, 0.1) is 27.3 Å². The molecular formula is C23H13F4N3O4. The molecule has 0 aromatic heterocycles. The second-order valence-corrected chi connectivity index (χ2v) is 6.74. The Morgan fingerprint density at radius 3 is 2.41 bits per heavy atom. The van der Waals surface area contributed by atoms with E-state index in [9.17, 15) is 37.7 Å². The van der Waals surface area contributed by atoms with Gasteiger partial charge in [-0.1, -0.05) is 12.1 Å². The molecule has 3 rings (SSSR count). The lowest BCUT2D eigenvalue weighted by molar-refractivity contribution is -0.385. The summed E-state index contributed by atoms with van der Waals surface area (Å²) in [4.78, 5) is 22.6. The van der Waals surface area contributed by atoms with Crippen molar-refractivity contribution in [3.05, 3.63) is 99.4 Å². The number of anilines is 1. The lowest BCUT2D eigenvalue weighted by atomic mass is 10.1. The Morgan fingerprint density at radius 2 is 1.79 bits per heavy atom. The summed E-state index contributed by atoms with van der Waals surface area (Å²) >= 11 is 0. The molecule has 0 heterocycles. The molecule has 3 aromatic rings. The van der Waals surface area contributed by atoms with Crippen LogP contribution in [0.4, 0.5) is 28.9 Å². The number of hydrogen-bond acceptors (Lipinski definition) is 5. The standard InChI is InChI=1S/C23H13F4N3O4/c24-17-5-7-18(8-6-17)29-22(31)15(13-28)10-14-2-1-3-19(11-14)34-21-9-4-16(23(25,26)27)12-20(21)30(32)33/h1-12H,(H,29,31)/b15-10-. The predicted octanol–water partition coefficient (Wildman–Crippen LogP) is 6.09. The molecule has 0 spiro atoms. The van der Waals surface area contributed by atoms with Crippen LogP contribution >= 0.6 is 0 Å². The number of halogens is 4. The van der Waals surface area contributed by atoms with Crippen molar-refractivity contribution in [2.24, 2.45) is 0 Å². The number of amides is 1. The summed E-state index contributed by atoms with van der Waals surface area (Å²) < 4.78 is 57.0. The Balaban J connectivity index is 1.85. The predicted molar refractivity (Wildman–Crippen MR) is 113 cm³/mol. The normalized spacial score (nSPS) is 11.4. The minimum Gasteiger partial charge on any atom is -0.450 e. The monoisotopic (exact) mass is 471 g/mol. The number of carbonyl (C=O) groups excluding carboxylic acids is 1. The van der Waals surface area contributed by atoms with Crippen LogP contribution in [-0.2, 0) is 11.0 Å². The molecule has 0 saturated carbocycles. The molecule has 11 heteroatoms. The van der Waals surface area contributed by atoms with E-state index in [4.69, 9.17) is 4.74 Å². The molecule has 0 saturated heterocycles. The van der Waals surface area contributed by atoms with Gasteiger partial charge in [0.15, 0.2) is 0 Å². The molecule has 0 atom stereocenters. The Labute approximate surface area is 189 Å². The lowest BCUT2D eigenvalue weighted by Gasteiger charge is -2.10. The highest BCUT2D eigenvalue weighted by atomic mass is 19.4. The maximum absolute atomic E-state index is 13.0. The zero-order valence-corrected chi connectivity index (χ0v) is 17.0. The summed E-state index contributed by atoms with van der Waals surface area (Å²) in [5.41, 5.74) is -1.82. The van der Waals surface area contributed by atoms with Crippen molar-refractivity contribution in [2.75, 3.05) is 5.32 Å². The van der Waals surface area contributed by atoms with Crippen LogP contribution < -0.4 is 10.1 Å². The third-order valence-electron chi connectivity index (χ3n) is 4.35. The summed E-state index contributed by atoms with van der Waals surface area (Å²) in [7, 11) is 0. The van der Waals surface area contributed by atoms with Gasteiger partial charge in [0.1, 0.15) is 23.2 Å². The highest BCUT2D eigenvalue weighted by Gasteiger charge is 2.33. The molecule has 0 fully saturated rings. The molecule has 34 heavy (non-hydrogen) atoms. The number of nitro benzene ring substituents is 1. The van der Waals surface area contributed by atoms with Crippen LogP contribution in [0.15, 0.2) is 72.3 Å². The number of ether oxygens (including phenoxy) is 1. The Morgan fingerprint density at radius 1 is 1.09 bits per heavy atom. The maximum Gasteiger partial charge on any atom is 0.416 e. The van der Waals surface area contributed by atoms with Crippen molar-refractivity contribution >= 4 is 23.4 Å². The first-order valence-corrected chi connectivity index (χ1v) is 9.39. The minimum absolute atomic E-state index is 0.0211. The van der Waals surface area contributed by atoms with E-state index in [0.717, 1.165) is 18.2 Å². The minimum atomic E-state index is -4.77. The number of rotatable bonds is 6. The summed E-state index contributed by atoms with van der Waals surface area (Å²) in [5.74, 6) is -1.67. The number of nitrogens with one attached hydrogen (secondary N) is 1. The van der Waals surface area contributed by atoms with Crippen molar-refractivity contribution in [3.8, 4) is 17.6 Å². The van der Waals surface area contributed by atoms with E-state index < -0.39 is 39.8 Å². The lowest BCUT2D eigenvalue weighted by Crippen LogP contribution is -2.13. The largest absolute Gasteiger partial charge is 0.450 e. The second kappa shape index (κ2) is 9.83. The van der Waals surface area contributed by atoms with Gasteiger partial charge in [0, 0.05) is 11.8 Å². The van der Waals surface area contributed by atoms with E-state index >= 15 is 0 Å².